The summed E-state index contributed by atoms with van der Waals surface area (Å²) >= 11 is 0. The molecule has 19 heavy (non-hydrogen) atoms. The summed E-state index contributed by atoms with van der Waals surface area (Å²) in [5.41, 5.74) is 3.08. The van der Waals surface area contributed by atoms with Crippen molar-refractivity contribution in [3.05, 3.63) is 65.2 Å². The molecule has 0 spiro atoms. The van der Waals surface area contributed by atoms with Gasteiger partial charge in [0.2, 0.25) is 0 Å². The summed E-state index contributed by atoms with van der Waals surface area (Å²) in [5, 5.41) is 12.2. The second-order valence-corrected chi connectivity index (χ2v) is 4.59. The summed E-state index contributed by atoms with van der Waals surface area (Å²) in [6.07, 6.45) is 0. The topological polar surface area (TPSA) is 45.0 Å². The Hall–Kier alpha value is -2.31. The first-order valence-corrected chi connectivity index (χ1v) is 6.31. The van der Waals surface area contributed by atoms with Crippen LogP contribution in [0.3, 0.4) is 0 Å². The first kappa shape index (κ1) is 11.8. The minimum atomic E-state index is 0.242. The first-order valence-electron chi connectivity index (χ1n) is 6.31. The fourth-order valence-corrected chi connectivity index (χ4v) is 2.27. The van der Waals surface area contributed by atoms with Crippen LogP contribution in [0.2, 0.25) is 0 Å². The summed E-state index contributed by atoms with van der Waals surface area (Å²) in [6, 6.07) is 18.1. The van der Waals surface area contributed by atoms with Crippen molar-refractivity contribution < 1.29 is 4.74 Å². The van der Waals surface area contributed by atoms with E-state index in [0.717, 1.165) is 12.3 Å². The molecule has 3 nitrogen and oxygen atoms in total. The van der Waals surface area contributed by atoms with Crippen LogP contribution in [0.25, 0.3) is 0 Å². The first-order chi connectivity index (χ1) is 9.36. The van der Waals surface area contributed by atoms with Crippen LogP contribution in [-0.4, -0.2) is 6.61 Å². The monoisotopic (exact) mass is 250 g/mol. The molecule has 1 unspecified atom stereocenters. The van der Waals surface area contributed by atoms with Crippen LogP contribution in [0.1, 0.15) is 22.7 Å². The van der Waals surface area contributed by atoms with E-state index in [1.54, 1.807) is 0 Å². The third-order valence-electron chi connectivity index (χ3n) is 3.34. The van der Waals surface area contributed by atoms with Crippen molar-refractivity contribution in [2.45, 2.75) is 12.6 Å². The van der Waals surface area contributed by atoms with E-state index in [-0.39, 0.29) is 6.04 Å². The van der Waals surface area contributed by atoms with Gasteiger partial charge in [0, 0.05) is 12.1 Å². The second-order valence-electron chi connectivity index (χ2n) is 4.59. The average molecular weight is 250 g/mol. The summed E-state index contributed by atoms with van der Waals surface area (Å²) < 4.78 is 5.63. The molecule has 0 aromatic heterocycles. The Labute approximate surface area is 112 Å². The summed E-state index contributed by atoms with van der Waals surface area (Å²) in [7, 11) is 0. The van der Waals surface area contributed by atoms with Crippen LogP contribution < -0.4 is 10.1 Å². The molecule has 1 aliphatic heterocycles. The number of nitrogens with zero attached hydrogens (tertiary/aromatic N) is 1. The Morgan fingerprint density at radius 2 is 1.95 bits per heavy atom. The minimum absolute atomic E-state index is 0.242. The van der Waals surface area contributed by atoms with Crippen molar-refractivity contribution >= 4 is 0 Å². The zero-order chi connectivity index (χ0) is 13.1. The van der Waals surface area contributed by atoms with Crippen molar-refractivity contribution in [2.75, 3.05) is 6.61 Å². The minimum Gasteiger partial charge on any atom is -0.491 e. The van der Waals surface area contributed by atoms with E-state index in [0.29, 0.717) is 12.2 Å². The largest absolute Gasteiger partial charge is 0.491 e. The maximum absolute atomic E-state index is 8.76. The zero-order valence-electron chi connectivity index (χ0n) is 10.5. The molecule has 0 fully saturated rings. The van der Waals surface area contributed by atoms with Gasteiger partial charge < -0.3 is 10.1 Å². The predicted octanol–water partition coefficient (Wildman–Crippen LogP) is 2.78. The molecule has 3 rings (SSSR count). The van der Waals surface area contributed by atoms with E-state index < -0.39 is 0 Å². The molecule has 1 atom stereocenters. The van der Waals surface area contributed by atoms with Crippen molar-refractivity contribution in [3.8, 4) is 11.8 Å². The highest BCUT2D eigenvalue weighted by Gasteiger charge is 2.22. The van der Waals surface area contributed by atoms with Gasteiger partial charge in [-0.25, -0.2) is 0 Å². The molecule has 0 saturated carbocycles. The number of para-hydroxylation sites is 1. The summed E-state index contributed by atoms with van der Waals surface area (Å²) in [4.78, 5) is 0. The van der Waals surface area contributed by atoms with Gasteiger partial charge >= 0.3 is 0 Å². The lowest BCUT2D eigenvalue weighted by Crippen LogP contribution is -2.21. The number of fused-ring (bicyclic) bond motifs is 1. The Balaban J connectivity index is 1.66. The molecular weight excluding hydrogens is 236 g/mol. The lowest BCUT2D eigenvalue weighted by atomic mass is 10.1. The Morgan fingerprint density at radius 3 is 2.74 bits per heavy atom. The highest BCUT2D eigenvalue weighted by molar-refractivity contribution is 5.39. The van der Waals surface area contributed by atoms with Crippen LogP contribution >= 0.6 is 0 Å². The van der Waals surface area contributed by atoms with E-state index in [4.69, 9.17) is 10.00 Å². The molecule has 1 heterocycles. The number of ether oxygens (including phenoxy) is 1. The highest BCUT2D eigenvalue weighted by atomic mass is 16.5. The van der Waals surface area contributed by atoms with Gasteiger partial charge in [0.25, 0.3) is 0 Å². The van der Waals surface area contributed by atoms with E-state index in [9.17, 15) is 0 Å². The van der Waals surface area contributed by atoms with Gasteiger partial charge in [0.05, 0.1) is 17.7 Å². The van der Waals surface area contributed by atoms with Gasteiger partial charge in [-0.1, -0.05) is 30.3 Å². The highest BCUT2D eigenvalue weighted by Crippen LogP contribution is 2.31. The standard InChI is InChI=1S/C16H14N2O/c17-9-12-5-7-13(8-6-12)10-18-15-11-19-16-4-2-1-3-14(15)16/h1-8,15,18H,10-11H2. The van der Waals surface area contributed by atoms with Gasteiger partial charge in [-0.3, -0.25) is 0 Å². The fourth-order valence-electron chi connectivity index (χ4n) is 2.27. The molecular formula is C16H14N2O. The molecule has 1 aliphatic rings. The molecule has 0 aliphatic carbocycles. The lowest BCUT2D eigenvalue weighted by molar-refractivity contribution is 0.310. The Kier molecular flexibility index (Phi) is 3.18. The molecule has 94 valence electrons. The van der Waals surface area contributed by atoms with Gasteiger partial charge in [-0.2, -0.15) is 5.26 Å². The summed E-state index contributed by atoms with van der Waals surface area (Å²) in [5.74, 6) is 0.972. The molecule has 2 aromatic carbocycles. The Bertz CT molecular complexity index is 613. The molecule has 0 bridgehead atoms. The SMILES string of the molecule is N#Cc1ccc(CNC2COc3ccccc32)cc1. The summed E-state index contributed by atoms with van der Waals surface area (Å²) in [6.45, 7) is 1.45. The average Bonchev–Trinajstić information content (AvgIpc) is 2.89. The van der Waals surface area contributed by atoms with Crippen LogP contribution in [-0.2, 0) is 6.54 Å². The Morgan fingerprint density at radius 1 is 1.16 bits per heavy atom. The number of hydrogen-bond donors (Lipinski definition) is 1. The number of hydrogen-bond acceptors (Lipinski definition) is 3. The predicted molar refractivity (Wildman–Crippen MR) is 72.7 cm³/mol. The van der Waals surface area contributed by atoms with E-state index >= 15 is 0 Å². The number of benzene rings is 2. The smallest absolute Gasteiger partial charge is 0.124 e. The third kappa shape index (κ3) is 2.44. The van der Waals surface area contributed by atoms with E-state index in [1.807, 2.05) is 42.5 Å². The van der Waals surface area contributed by atoms with Crippen LogP contribution in [0.5, 0.6) is 5.75 Å². The van der Waals surface area contributed by atoms with Gasteiger partial charge in [0.1, 0.15) is 12.4 Å². The van der Waals surface area contributed by atoms with E-state index in [2.05, 4.69) is 17.5 Å². The number of rotatable bonds is 3. The van der Waals surface area contributed by atoms with Crippen LogP contribution in [0, 0.1) is 11.3 Å². The van der Waals surface area contributed by atoms with Crippen molar-refractivity contribution in [2.24, 2.45) is 0 Å². The van der Waals surface area contributed by atoms with Gasteiger partial charge in [0.15, 0.2) is 0 Å². The molecule has 2 aromatic rings. The molecule has 0 saturated heterocycles. The molecule has 0 radical (unpaired) electrons. The van der Waals surface area contributed by atoms with Crippen molar-refractivity contribution in [1.29, 1.82) is 5.26 Å². The van der Waals surface area contributed by atoms with Crippen molar-refractivity contribution in [3.63, 3.8) is 0 Å². The van der Waals surface area contributed by atoms with Crippen molar-refractivity contribution in [1.82, 2.24) is 5.32 Å². The maximum atomic E-state index is 8.76. The zero-order valence-corrected chi connectivity index (χ0v) is 10.5. The molecule has 3 heteroatoms. The second kappa shape index (κ2) is 5.13. The molecule has 0 amide bonds. The normalized spacial score (nSPS) is 16.5. The van der Waals surface area contributed by atoms with Gasteiger partial charge in [-0.05, 0) is 23.8 Å². The quantitative estimate of drug-likeness (QED) is 0.911. The third-order valence-corrected chi connectivity index (χ3v) is 3.34. The number of nitriles is 1. The molecule has 1 N–H and O–H groups in total. The maximum Gasteiger partial charge on any atom is 0.124 e. The van der Waals surface area contributed by atoms with E-state index in [1.165, 1.54) is 11.1 Å². The van der Waals surface area contributed by atoms with Crippen LogP contribution in [0.15, 0.2) is 48.5 Å². The van der Waals surface area contributed by atoms with Crippen LogP contribution in [0.4, 0.5) is 0 Å². The lowest BCUT2D eigenvalue weighted by Gasteiger charge is -2.11. The van der Waals surface area contributed by atoms with Gasteiger partial charge in [-0.15, -0.1) is 0 Å². The number of nitrogens with one attached hydrogen (secondary N) is 1. The fraction of sp³-hybridized carbons (Fsp3) is 0.188.